The van der Waals surface area contributed by atoms with E-state index < -0.39 is 5.60 Å². The number of aliphatic hydroxyl groups is 1. The van der Waals surface area contributed by atoms with Gasteiger partial charge in [-0.25, -0.2) is 4.98 Å². The fraction of sp³-hybridized carbons (Fsp3) is 0.643. The van der Waals surface area contributed by atoms with Gasteiger partial charge in [-0.2, -0.15) is 0 Å². The van der Waals surface area contributed by atoms with Crippen molar-refractivity contribution in [3.63, 3.8) is 0 Å². The second kappa shape index (κ2) is 5.57. The lowest BCUT2D eigenvalue weighted by Crippen LogP contribution is -2.40. The minimum atomic E-state index is -0.585. The summed E-state index contributed by atoms with van der Waals surface area (Å²) in [5.41, 5.74) is 5.80. The molecule has 0 saturated heterocycles. The molecule has 0 aliphatic heterocycles. The minimum absolute atomic E-state index is 0.555. The van der Waals surface area contributed by atoms with Gasteiger partial charge < -0.3 is 16.2 Å². The van der Waals surface area contributed by atoms with Gasteiger partial charge in [-0.1, -0.05) is 13.3 Å². The van der Waals surface area contributed by atoms with Gasteiger partial charge in [0.15, 0.2) is 0 Å². The fourth-order valence-corrected chi connectivity index (χ4v) is 2.60. The fourth-order valence-electron chi connectivity index (χ4n) is 2.60. The molecule has 1 heterocycles. The van der Waals surface area contributed by atoms with E-state index in [9.17, 15) is 5.11 Å². The van der Waals surface area contributed by atoms with E-state index in [0.29, 0.717) is 12.2 Å². The summed E-state index contributed by atoms with van der Waals surface area (Å²) >= 11 is 0. The van der Waals surface area contributed by atoms with Gasteiger partial charge in [0.25, 0.3) is 0 Å². The first-order valence-electron chi connectivity index (χ1n) is 6.79. The Hall–Kier alpha value is -1.29. The first-order valence-corrected chi connectivity index (χ1v) is 6.79. The number of aromatic nitrogens is 1. The quantitative estimate of drug-likeness (QED) is 0.766. The van der Waals surface area contributed by atoms with E-state index in [1.807, 2.05) is 0 Å². The summed E-state index contributed by atoms with van der Waals surface area (Å²) < 4.78 is 0. The summed E-state index contributed by atoms with van der Waals surface area (Å²) in [5.74, 6) is 1.52. The maximum atomic E-state index is 10.5. The molecule has 0 atom stereocenters. The maximum absolute atomic E-state index is 10.5. The van der Waals surface area contributed by atoms with Crippen LogP contribution in [0.4, 0.5) is 11.5 Å². The average molecular weight is 249 g/mol. The smallest absolute Gasteiger partial charge is 0.128 e. The zero-order valence-corrected chi connectivity index (χ0v) is 11.0. The SMILES string of the molecule is CCC1CCC(O)(CNc2cc(N)ccn2)CC1. The van der Waals surface area contributed by atoms with Crippen molar-refractivity contribution in [2.45, 2.75) is 44.6 Å². The second-order valence-corrected chi connectivity index (χ2v) is 5.40. The summed E-state index contributed by atoms with van der Waals surface area (Å²) in [6, 6.07) is 3.55. The van der Waals surface area contributed by atoms with E-state index in [4.69, 9.17) is 5.73 Å². The van der Waals surface area contributed by atoms with Gasteiger partial charge in [-0.15, -0.1) is 0 Å². The van der Waals surface area contributed by atoms with Crippen LogP contribution in [0.1, 0.15) is 39.0 Å². The Morgan fingerprint density at radius 1 is 1.50 bits per heavy atom. The third-order valence-corrected chi connectivity index (χ3v) is 4.00. The summed E-state index contributed by atoms with van der Waals surface area (Å²) in [5, 5.41) is 13.7. The first-order chi connectivity index (χ1) is 8.61. The zero-order chi connectivity index (χ0) is 13.0. The van der Waals surface area contributed by atoms with Crippen molar-refractivity contribution in [2.24, 2.45) is 5.92 Å². The third kappa shape index (κ3) is 3.35. The molecular formula is C14H23N3O. The van der Waals surface area contributed by atoms with E-state index in [-0.39, 0.29) is 0 Å². The number of nitrogens with zero attached hydrogens (tertiary/aromatic N) is 1. The van der Waals surface area contributed by atoms with Crippen LogP contribution < -0.4 is 11.1 Å². The molecule has 4 nitrogen and oxygen atoms in total. The molecule has 4 N–H and O–H groups in total. The van der Waals surface area contributed by atoms with Crippen LogP contribution in [-0.2, 0) is 0 Å². The Bertz CT molecular complexity index is 386. The molecule has 0 unspecified atom stereocenters. The van der Waals surface area contributed by atoms with Crippen molar-refractivity contribution in [3.8, 4) is 0 Å². The highest BCUT2D eigenvalue weighted by Crippen LogP contribution is 2.33. The predicted octanol–water partition coefficient (Wildman–Crippen LogP) is 2.41. The molecule has 1 saturated carbocycles. The number of rotatable bonds is 4. The number of pyridine rings is 1. The molecule has 0 radical (unpaired) electrons. The monoisotopic (exact) mass is 249 g/mol. The summed E-state index contributed by atoms with van der Waals surface area (Å²) in [7, 11) is 0. The van der Waals surface area contributed by atoms with Crippen LogP contribution in [0.2, 0.25) is 0 Å². The molecule has 1 aromatic rings. The highest BCUT2D eigenvalue weighted by atomic mass is 16.3. The average Bonchev–Trinajstić information content (AvgIpc) is 2.38. The van der Waals surface area contributed by atoms with Gasteiger partial charge in [0.2, 0.25) is 0 Å². The number of nitrogen functional groups attached to an aromatic ring is 1. The Balaban J connectivity index is 1.86. The second-order valence-electron chi connectivity index (χ2n) is 5.40. The molecule has 0 bridgehead atoms. The van der Waals surface area contributed by atoms with E-state index in [0.717, 1.165) is 37.4 Å². The van der Waals surface area contributed by atoms with Crippen molar-refractivity contribution < 1.29 is 5.11 Å². The van der Waals surface area contributed by atoms with Crippen molar-refractivity contribution in [1.29, 1.82) is 0 Å². The molecule has 1 fully saturated rings. The molecule has 2 rings (SSSR count). The van der Waals surface area contributed by atoms with Crippen LogP contribution in [0, 0.1) is 5.92 Å². The minimum Gasteiger partial charge on any atom is -0.399 e. The standard InChI is InChI=1S/C14H23N3O/c1-2-11-3-6-14(18,7-4-11)10-17-13-9-12(15)5-8-16-13/h5,8-9,11,18H,2-4,6-7,10H2,1H3,(H3,15,16,17). The summed E-state index contributed by atoms with van der Waals surface area (Å²) in [4.78, 5) is 4.18. The molecule has 18 heavy (non-hydrogen) atoms. The lowest BCUT2D eigenvalue weighted by molar-refractivity contribution is 0.00223. The highest BCUT2D eigenvalue weighted by Gasteiger charge is 2.32. The third-order valence-electron chi connectivity index (χ3n) is 4.00. The molecule has 100 valence electrons. The van der Waals surface area contributed by atoms with Crippen LogP contribution in [0.5, 0.6) is 0 Å². The van der Waals surface area contributed by atoms with Crippen LogP contribution in [0.3, 0.4) is 0 Å². The van der Waals surface area contributed by atoms with Crippen LogP contribution in [0.15, 0.2) is 18.3 Å². The normalized spacial score (nSPS) is 28.0. The van der Waals surface area contributed by atoms with Crippen LogP contribution in [-0.4, -0.2) is 22.2 Å². The number of nitrogens with one attached hydrogen (secondary N) is 1. The van der Waals surface area contributed by atoms with Gasteiger partial charge in [0, 0.05) is 24.5 Å². The summed E-state index contributed by atoms with van der Waals surface area (Å²) in [6.07, 6.45) is 6.90. The Morgan fingerprint density at radius 2 is 2.22 bits per heavy atom. The van der Waals surface area contributed by atoms with Crippen molar-refractivity contribution in [2.75, 3.05) is 17.6 Å². The van der Waals surface area contributed by atoms with Gasteiger partial charge in [-0.05, 0) is 37.7 Å². The van der Waals surface area contributed by atoms with Crippen molar-refractivity contribution >= 4 is 11.5 Å². The molecule has 0 aromatic carbocycles. The van der Waals surface area contributed by atoms with Gasteiger partial charge in [0.05, 0.1) is 5.60 Å². The van der Waals surface area contributed by atoms with Crippen molar-refractivity contribution in [1.82, 2.24) is 4.98 Å². The molecule has 0 spiro atoms. The molecule has 4 heteroatoms. The van der Waals surface area contributed by atoms with Crippen molar-refractivity contribution in [3.05, 3.63) is 18.3 Å². The van der Waals surface area contributed by atoms with Gasteiger partial charge in [-0.3, -0.25) is 0 Å². The van der Waals surface area contributed by atoms with E-state index in [1.54, 1.807) is 18.3 Å². The molecule has 0 amide bonds. The molecule has 1 aromatic heterocycles. The Labute approximate surface area is 109 Å². The lowest BCUT2D eigenvalue weighted by atomic mass is 9.78. The van der Waals surface area contributed by atoms with Gasteiger partial charge >= 0.3 is 0 Å². The van der Waals surface area contributed by atoms with E-state index >= 15 is 0 Å². The number of nitrogens with two attached hydrogens (primary N) is 1. The number of anilines is 2. The van der Waals surface area contributed by atoms with E-state index in [2.05, 4.69) is 17.2 Å². The zero-order valence-electron chi connectivity index (χ0n) is 11.0. The molecule has 1 aliphatic rings. The Kier molecular flexibility index (Phi) is 4.07. The maximum Gasteiger partial charge on any atom is 0.128 e. The molecular weight excluding hydrogens is 226 g/mol. The Morgan fingerprint density at radius 3 is 2.83 bits per heavy atom. The summed E-state index contributed by atoms with van der Waals surface area (Å²) in [6.45, 7) is 2.78. The predicted molar refractivity (Wildman–Crippen MR) is 74.3 cm³/mol. The van der Waals surface area contributed by atoms with Gasteiger partial charge in [0.1, 0.15) is 5.82 Å². The lowest BCUT2D eigenvalue weighted by Gasteiger charge is -2.36. The largest absolute Gasteiger partial charge is 0.399 e. The van der Waals surface area contributed by atoms with Crippen LogP contribution >= 0.6 is 0 Å². The number of hydrogen-bond donors (Lipinski definition) is 3. The van der Waals surface area contributed by atoms with Crippen LogP contribution in [0.25, 0.3) is 0 Å². The topological polar surface area (TPSA) is 71.2 Å². The molecule has 1 aliphatic carbocycles. The van der Waals surface area contributed by atoms with E-state index in [1.165, 1.54) is 6.42 Å². The number of hydrogen-bond acceptors (Lipinski definition) is 4. The highest BCUT2D eigenvalue weighted by molar-refractivity contribution is 5.48. The first kappa shape index (κ1) is 13.1.